The molecule has 98 valence electrons. The summed E-state index contributed by atoms with van der Waals surface area (Å²) in [7, 11) is 0. The van der Waals surface area contributed by atoms with Crippen molar-refractivity contribution in [1.82, 2.24) is 5.16 Å². The molecule has 1 aromatic carbocycles. The van der Waals surface area contributed by atoms with Crippen molar-refractivity contribution in [3.8, 4) is 0 Å². The Morgan fingerprint density at radius 2 is 2.26 bits per heavy atom. The van der Waals surface area contributed by atoms with E-state index >= 15 is 0 Å². The first kappa shape index (κ1) is 12.6. The fraction of sp³-hybridized carbons (Fsp3) is 0.0909. The summed E-state index contributed by atoms with van der Waals surface area (Å²) in [5.74, 6) is -0.673. The van der Waals surface area contributed by atoms with Crippen LogP contribution in [0.1, 0.15) is 16.1 Å². The number of nitro benzene ring substituents is 1. The lowest BCUT2D eigenvalue weighted by atomic mass is 10.1. The van der Waals surface area contributed by atoms with Crippen molar-refractivity contribution in [1.29, 1.82) is 0 Å². The highest BCUT2D eigenvalue weighted by atomic mass is 16.6. The molecule has 0 saturated carbocycles. The van der Waals surface area contributed by atoms with Gasteiger partial charge in [-0.3, -0.25) is 10.1 Å². The number of hydrogen-bond acceptors (Lipinski definition) is 6. The number of aromatic carboxylic acids is 1. The fourth-order valence-corrected chi connectivity index (χ4v) is 1.49. The van der Waals surface area contributed by atoms with Crippen LogP contribution in [0.4, 0.5) is 11.4 Å². The SMILES string of the molecule is O=C(O)c1ccc([N+](=O)[O-])c(NCc2ccno2)c1. The van der Waals surface area contributed by atoms with Gasteiger partial charge in [-0.1, -0.05) is 5.16 Å². The summed E-state index contributed by atoms with van der Waals surface area (Å²) in [4.78, 5) is 21.1. The van der Waals surface area contributed by atoms with Gasteiger partial charge in [-0.25, -0.2) is 4.79 Å². The molecule has 1 heterocycles. The summed E-state index contributed by atoms with van der Waals surface area (Å²) in [6.07, 6.45) is 1.44. The zero-order valence-corrected chi connectivity index (χ0v) is 9.57. The van der Waals surface area contributed by atoms with Gasteiger partial charge in [0.2, 0.25) is 0 Å². The van der Waals surface area contributed by atoms with Gasteiger partial charge in [-0.05, 0) is 12.1 Å². The summed E-state index contributed by atoms with van der Waals surface area (Å²) < 4.78 is 4.83. The number of rotatable bonds is 5. The smallest absolute Gasteiger partial charge is 0.335 e. The van der Waals surface area contributed by atoms with E-state index in [1.807, 2.05) is 0 Å². The quantitative estimate of drug-likeness (QED) is 0.624. The van der Waals surface area contributed by atoms with Crippen LogP contribution in [0.3, 0.4) is 0 Å². The van der Waals surface area contributed by atoms with Gasteiger partial charge in [0.1, 0.15) is 5.69 Å². The average molecular weight is 263 g/mol. The minimum Gasteiger partial charge on any atom is -0.478 e. The number of carbonyl (C=O) groups is 1. The lowest BCUT2D eigenvalue weighted by molar-refractivity contribution is -0.384. The van der Waals surface area contributed by atoms with E-state index in [2.05, 4.69) is 10.5 Å². The Labute approximate surface area is 106 Å². The highest BCUT2D eigenvalue weighted by Crippen LogP contribution is 2.26. The maximum absolute atomic E-state index is 10.8. The minimum atomic E-state index is -1.15. The number of hydrogen-bond donors (Lipinski definition) is 2. The van der Waals surface area contributed by atoms with Crippen molar-refractivity contribution < 1.29 is 19.3 Å². The molecule has 0 amide bonds. The van der Waals surface area contributed by atoms with Gasteiger partial charge in [-0.2, -0.15) is 0 Å². The third-order valence-corrected chi connectivity index (χ3v) is 2.38. The van der Waals surface area contributed by atoms with Crippen LogP contribution in [-0.2, 0) is 6.54 Å². The van der Waals surface area contributed by atoms with Crippen LogP contribution in [-0.4, -0.2) is 21.2 Å². The number of carboxylic acids is 1. The van der Waals surface area contributed by atoms with Gasteiger partial charge in [-0.15, -0.1) is 0 Å². The van der Waals surface area contributed by atoms with Crippen LogP contribution in [0.5, 0.6) is 0 Å². The average Bonchev–Trinajstić information content (AvgIpc) is 2.88. The number of nitro groups is 1. The molecule has 2 N–H and O–H groups in total. The van der Waals surface area contributed by atoms with Crippen molar-refractivity contribution in [2.45, 2.75) is 6.54 Å². The number of nitrogens with one attached hydrogen (secondary N) is 1. The predicted octanol–water partition coefficient (Wildman–Crippen LogP) is 1.89. The maximum Gasteiger partial charge on any atom is 0.335 e. The second-order valence-electron chi connectivity index (χ2n) is 3.63. The van der Waals surface area contributed by atoms with Crippen LogP contribution < -0.4 is 5.32 Å². The van der Waals surface area contributed by atoms with Crippen LogP contribution in [0, 0.1) is 10.1 Å². The summed E-state index contributed by atoms with van der Waals surface area (Å²) in [5.41, 5.74) is -0.128. The Morgan fingerprint density at radius 3 is 2.84 bits per heavy atom. The molecule has 0 aliphatic heterocycles. The standard InChI is InChI=1S/C11H9N3O5/c15-11(16)7-1-2-10(14(17)18)9(5-7)12-6-8-3-4-13-19-8/h1-5,12H,6H2,(H,15,16). The zero-order valence-electron chi connectivity index (χ0n) is 9.57. The highest BCUT2D eigenvalue weighted by Gasteiger charge is 2.16. The summed E-state index contributed by atoms with van der Waals surface area (Å²) in [5, 5.41) is 26.0. The Balaban J connectivity index is 2.27. The van der Waals surface area contributed by atoms with Gasteiger partial charge in [0.05, 0.1) is 23.2 Å². The molecule has 0 aliphatic rings. The van der Waals surface area contributed by atoms with Gasteiger partial charge in [0, 0.05) is 12.1 Å². The fourth-order valence-electron chi connectivity index (χ4n) is 1.49. The van der Waals surface area contributed by atoms with Gasteiger partial charge >= 0.3 is 5.97 Å². The molecule has 0 unspecified atom stereocenters. The monoisotopic (exact) mass is 263 g/mol. The molecule has 0 spiro atoms. The van der Waals surface area contributed by atoms with Crippen molar-refractivity contribution in [2.24, 2.45) is 0 Å². The molecular weight excluding hydrogens is 254 g/mol. The largest absolute Gasteiger partial charge is 0.478 e. The lowest BCUT2D eigenvalue weighted by Crippen LogP contribution is -2.04. The normalized spacial score (nSPS) is 10.1. The summed E-state index contributed by atoms with van der Waals surface area (Å²) in [6, 6.07) is 5.13. The van der Waals surface area contributed by atoms with Crippen LogP contribution in [0.2, 0.25) is 0 Å². The molecule has 0 fully saturated rings. The van der Waals surface area contributed by atoms with E-state index in [1.165, 1.54) is 18.3 Å². The van der Waals surface area contributed by atoms with Crippen LogP contribution in [0.25, 0.3) is 0 Å². The Kier molecular flexibility index (Phi) is 3.42. The molecule has 8 nitrogen and oxygen atoms in total. The number of benzene rings is 1. The van der Waals surface area contributed by atoms with Gasteiger partial charge in [0.25, 0.3) is 5.69 Å². The third kappa shape index (κ3) is 2.86. The molecule has 8 heteroatoms. The van der Waals surface area contributed by atoms with Crippen molar-refractivity contribution in [3.05, 3.63) is 51.9 Å². The van der Waals surface area contributed by atoms with E-state index in [9.17, 15) is 14.9 Å². The topological polar surface area (TPSA) is 118 Å². The molecular formula is C11H9N3O5. The first-order valence-corrected chi connectivity index (χ1v) is 5.23. The second kappa shape index (κ2) is 5.17. The van der Waals surface area contributed by atoms with E-state index in [-0.39, 0.29) is 23.5 Å². The van der Waals surface area contributed by atoms with E-state index in [0.29, 0.717) is 5.76 Å². The number of aromatic nitrogens is 1. The first-order chi connectivity index (χ1) is 9.08. The number of carboxylic acid groups (broad SMARTS) is 1. The molecule has 0 atom stereocenters. The third-order valence-electron chi connectivity index (χ3n) is 2.38. The maximum atomic E-state index is 10.8. The van der Waals surface area contributed by atoms with E-state index in [0.717, 1.165) is 6.07 Å². The minimum absolute atomic E-state index is 0.0364. The first-order valence-electron chi connectivity index (χ1n) is 5.23. The Bertz CT molecular complexity index is 609. The van der Waals surface area contributed by atoms with Crippen molar-refractivity contribution in [2.75, 3.05) is 5.32 Å². The van der Waals surface area contributed by atoms with Crippen molar-refractivity contribution >= 4 is 17.3 Å². The van der Waals surface area contributed by atoms with Crippen LogP contribution >= 0.6 is 0 Å². The molecule has 1 aromatic heterocycles. The van der Waals surface area contributed by atoms with E-state index < -0.39 is 10.9 Å². The Hall–Kier alpha value is -2.90. The molecule has 0 aliphatic carbocycles. The molecule has 2 aromatic rings. The molecule has 19 heavy (non-hydrogen) atoms. The van der Waals surface area contributed by atoms with E-state index in [4.69, 9.17) is 9.63 Å². The van der Waals surface area contributed by atoms with E-state index in [1.54, 1.807) is 6.07 Å². The summed E-state index contributed by atoms with van der Waals surface area (Å²) in [6.45, 7) is 0.171. The lowest BCUT2D eigenvalue weighted by Gasteiger charge is -2.06. The number of anilines is 1. The van der Waals surface area contributed by atoms with Gasteiger partial charge < -0.3 is 14.9 Å². The summed E-state index contributed by atoms with van der Waals surface area (Å²) >= 11 is 0. The molecule has 0 radical (unpaired) electrons. The second-order valence-corrected chi connectivity index (χ2v) is 3.63. The molecule has 2 rings (SSSR count). The number of nitrogens with zero attached hydrogens (tertiary/aromatic N) is 2. The van der Waals surface area contributed by atoms with Crippen LogP contribution in [0.15, 0.2) is 35.0 Å². The highest BCUT2D eigenvalue weighted by molar-refractivity contribution is 5.90. The predicted molar refractivity (Wildman–Crippen MR) is 63.9 cm³/mol. The van der Waals surface area contributed by atoms with Gasteiger partial charge in [0.15, 0.2) is 5.76 Å². The molecule has 0 saturated heterocycles. The Morgan fingerprint density at radius 1 is 1.47 bits per heavy atom. The zero-order chi connectivity index (χ0) is 13.8. The van der Waals surface area contributed by atoms with Crippen molar-refractivity contribution in [3.63, 3.8) is 0 Å². The molecule has 0 bridgehead atoms.